The highest BCUT2D eigenvalue weighted by Crippen LogP contribution is 2.24. The average Bonchev–Trinajstić information content (AvgIpc) is 2.38. The predicted molar refractivity (Wildman–Crippen MR) is 61.0 cm³/mol. The lowest BCUT2D eigenvalue weighted by atomic mass is 9.98. The van der Waals surface area contributed by atoms with E-state index in [-0.39, 0.29) is 6.61 Å². The van der Waals surface area contributed by atoms with Crippen LogP contribution in [0.5, 0.6) is 0 Å². The van der Waals surface area contributed by atoms with Crippen LogP contribution >= 0.6 is 0 Å². The minimum atomic E-state index is 0.221. The van der Waals surface area contributed by atoms with E-state index in [0.717, 1.165) is 31.6 Å². The molecule has 0 saturated carbocycles. The van der Waals surface area contributed by atoms with Crippen molar-refractivity contribution in [2.24, 2.45) is 5.92 Å². The van der Waals surface area contributed by atoms with Gasteiger partial charge < -0.3 is 10.0 Å². The van der Waals surface area contributed by atoms with Gasteiger partial charge in [-0.25, -0.2) is 4.98 Å². The maximum atomic E-state index is 9.17. The number of aliphatic hydroxyl groups is 1. The summed E-state index contributed by atoms with van der Waals surface area (Å²) in [5.41, 5.74) is 1.37. The van der Waals surface area contributed by atoms with Gasteiger partial charge >= 0.3 is 0 Å². The third-order valence-electron chi connectivity index (χ3n) is 3.01. The van der Waals surface area contributed by atoms with Crippen LogP contribution in [-0.4, -0.2) is 29.8 Å². The molecule has 0 aliphatic carbocycles. The Hall–Kier alpha value is -1.60. The predicted octanol–water partition coefficient (Wildman–Crippen LogP) is 1.16. The van der Waals surface area contributed by atoms with Crippen molar-refractivity contribution in [3.05, 3.63) is 24.0 Å². The second-order valence-corrected chi connectivity index (χ2v) is 4.12. The molecule has 16 heavy (non-hydrogen) atoms. The lowest BCUT2D eigenvalue weighted by Crippen LogP contribution is -2.37. The van der Waals surface area contributed by atoms with Crippen molar-refractivity contribution in [3.63, 3.8) is 0 Å². The van der Waals surface area contributed by atoms with Crippen LogP contribution < -0.4 is 4.90 Å². The van der Waals surface area contributed by atoms with E-state index in [0.29, 0.717) is 11.6 Å². The summed E-state index contributed by atoms with van der Waals surface area (Å²) in [7, 11) is 0. The van der Waals surface area contributed by atoms with Crippen LogP contribution in [0, 0.1) is 17.2 Å². The van der Waals surface area contributed by atoms with E-state index in [2.05, 4.69) is 16.0 Å². The number of pyridine rings is 1. The van der Waals surface area contributed by atoms with E-state index in [4.69, 9.17) is 5.26 Å². The van der Waals surface area contributed by atoms with E-state index >= 15 is 0 Å². The summed E-state index contributed by atoms with van der Waals surface area (Å²) in [6.07, 6.45) is 3.76. The first-order valence-corrected chi connectivity index (χ1v) is 5.56. The molecule has 4 heteroatoms. The van der Waals surface area contributed by atoms with Crippen LogP contribution in [0.25, 0.3) is 0 Å². The maximum Gasteiger partial charge on any atom is 0.163 e. The highest BCUT2D eigenvalue weighted by atomic mass is 16.3. The molecular formula is C12H15N3O. The summed E-state index contributed by atoms with van der Waals surface area (Å²) in [5.74, 6) is 0.320. The molecule has 1 aliphatic heterocycles. The number of nitrogens with zero attached hydrogens (tertiary/aromatic N) is 3. The molecule has 1 N–H and O–H groups in total. The van der Waals surface area contributed by atoms with Gasteiger partial charge in [-0.15, -0.1) is 0 Å². The van der Waals surface area contributed by atoms with Crippen LogP contribution in [0.4, 0.5) is 5.69 Å². The Bertz CT molecular complexity index is 399. The molecule has 0 amide bonds. The van der Waals surface area contributed by atoms with Crippen LogP contribution in [0.3, 0.4) is 0 Å². The number of piperidine rings is 1. The molecule has 2 rings (SSSR count). The van der Waals surface area contributed by atoms with Gasteiger partial charge in [0.2, 0.25) is 0 Å². The van der Waals surface area contributed by atoms with Crippen molar-refractivity contribution in [2.45, 2.75) is 12.8 Å². The van der Waals surface area contributed by atoms with Crippen LogP contribution in [-0.2, 0) is 0 Å². The Morgan fingerprint density at radius 2 is 2.50 bits per heavy atom. The van der Waals surface area contributed by atoms with E-state index < -0.39 is 0 Å². The second-order valence-electron chi connectivity index (χ2n) is 4.12. The van der Waals surface area contributed by atoms with Crippen molar-refractivity contribution >= 4 is 5.69 Å². The molecule has 2 heterocycles. The van der Waals surface area contributed by atoms with Gasteiger partial charge in [-0.3, -0.25) is 0 Å². The molecule has 1 atom stereocenters. The number of hydrogen-bond acceptors (Lipinski definition) is 4. The summed E-state index contributed by atoms with van der Waals surface area (Å²) in [6.45, 7) is 1.98. The van der Waals surface area contributed by atoms with Crippen LogP contribution in [0.2, 0.25) is 0 Å². The third-order valence-corrected chi connectivity index (χ3v) is 3.01. The van der Waals surface area contributed by atoms with Gasteiger partial charge in [-0.05, 0) is 30.9 Å². The fraction of sp³-hybridized carbons (Fsp3) is 0.500. The number of rotatable bonds is 2. The fourth-order valence-electron chi connectivity index (χ4n) is 2.17. The number of anilines is 1. The molecule has 1 aromatic rings. The highest BCUT2D eigenvalue weighted by molar-refractivity contribution is 5.55. The van der Waals surface area contributed by atoms with Crippen molar-refractivity contribution in [1.29, 1.82) is 5.26 Å². The number of aromatic nitrogens is 1. The molecule has 1 aromatic heterocycles. The van der Waals surface area contributed by atoms with Gasteiger partial charge in [0.1, 0.15) is 6.07 Å². The average molecular weight is 217 g/mol. The summed E-state index contributed by atoms with van der Waals surface area (Å²) < 4.78 is 0. The number of hydrogen-bond donors (Lipinski definition) is 1. The molecule has 1 fully saturated rings. The molecule has 1 aliphatic rings. The SMILES string of the molecule is N#Cc1ncccc1N1CCCC(CO)C1. The topological polar surface area (TPSA) is 60.2 Å². The minimum Gasteiger partial charge on any atom is -0.396 e. The summed E-state index contributed by atoms with van der Waals surface area (Å²) in [4.78, 5) is 6.21. The lowest BCUT2D eigenvalue weighted by Gasteiger charge is -2.33. The van der Waals surface area contributed by atoms with Gasteiger partial charge in [0.05, 0.1) is 5.69 Å². The van der Waals surface area contributed by atoms with Gasteiger partial charge in [0.25, 0.3) is 0 Å². The number of aliphatic hydroxyl groups excluding tert-OH is 1. The first-order chi connectivity index (χ1) is 7.85. The number of nitriles is 1. The second kappa shape index (κ2) is 4.95. The monoisotopic (exact) mass is 217 g/mol. The maximum absolute atomic E-state index is 9.17. The molecule has 4 nitrogen and oxygen atoms in total. The Labute approximate surface area is 95.1 Å². The molecule has 0 bridgehead atoms. The third kappa shape index (κ3) is 2.15. The fourth-order valence-corrected chi connectivity index (χ4v) is 2.17. The Morgan fingerprint density at radius 3 is 3.25 bits per heavy atom. The molecule has 1 unspecified atom stereocenters. The van der Waals surface area contributed by atoms with Gasteiger partial charge in [0.15, 0.2) is 5.69 Å². The zero-order valence-electron chi connectivity index (χ0n) is 9.13. The van der Waals surface area contributed by atoms with E-state index in [1.165, 1.54) is 0 Å². The van der Waals surface area contributed by atoms with Gasteiger partial charge in [0, 0.05) is 25.9 Å². The Morgan fingerprint density at radius 1 is 1.62 bits per heavy atom. The Kier molecular flexibility index (Phi) is 3.37. The largest absolute Gasteiger partial charge is 0.396 e. The van der Waals surface area contributed by atoms with E-state index in [9.17, 15) is 5.11 Å². The lowest BCUT2D eigenvalue weighted by molar-refractivity contribution is 0.208. The first-order valence-electron chi connectivity index (χ1n) is 5.56. The molecule has 1 saturated heterocycles. The molecule has 0 aromatic carbocycles. The smallest absolute Gasteiger partial charge is 0.163 e. The summed E-state index contributed by atoms with van der Waals surface area (Å²) in [6, 6.07) is 5.88. The Balaban J connectivity index is 2.20. The molecular weight excluding hydrogens is 202 g/mol. The standard InChI is InChI=1S/C12H15N3O/c13-7-11-12(4-1-5-14-11)15-6-2-3-10(8-15)9-16/h1,4-5,10,16H,2-3,6,8-9H2. The normalized spacial score (nSPS) is 20.5. The van der Waals surface area contributed by atoms with Crippen molar-refractivity contribution in [1.82, 2.24) is 4.98 Å². The van der Waals surface area contributed by atoms with Crippen molar-refractivity contribution in [2.75, 3.05) is 24.6 Å². The molecule has 0 radical (unpaired) electrons. The quantitative estimate of drug-likeness (QED) is 0.807. The van der Waals surface area contributed by atoms with Crippen LogP contribution in [0.1, 0.15) is 18.5 Å². The van der Waals surface area contributed by atoms with Crippen LogP contribution in [0.15, 0.2) is 18.3 Å². The van der Waals surface area contributed by atoms with E-state index in [1.807, 2.05) is 12.1 Å². The summed E-state index contributed by atoms with van der Waals surface area (Å²) in [5, 5.41) is 18.2. The molecule has 0 spiro atoms. The van der Waals surface area contributed by atoms with E-state index in [1.54, 1.807) is 6.20 Å². The zero-order valence-corrected chi connectivity index (χ0v) is 9.13. The molecule has 84 valence electrons. The van der Waals surface area contributed by atoms with Gasteiger partial charge in [-0.2, -0.15) is 5.26 Å². The van der Waals surface area contributed by atoms with Gasteiger partial charge in [-0.1, -0.05) is 0 Å². The summed E-state index contributed by atoms with van der Waals surface area (Å²) >= 11 is 0. The first kappa shape index (κ1) is 10.9. The zero-order chi connectivity index (χ0) is 11.4. The van der Waals surface area contributed by atoms with Crippen molar-refractivity contribution in [3.8, 4) is 6.07 Å². The highest BCUT2D eigenvalue weighted by Gasteiger charge is 2.21. The van der Waals surface area contributed by atoms with Crippen molar-refractivity contribution < 1.29 is 5.11 Å². The minimum absolute atomic E-state index is 0.221.